The molecule has 0 bridgehead atoms. The molecule has 3 rings (SSSR count). The summed E-state index contributed by atoms with van der Waals surface area (Å²) in [6.45, 7) is 0. The molecule has 5 heteroatoms. The third kappa shape index (κ3) is 2.61. The molecule has 2 unspecified atom stereocenters. The largest absolute Gasteiger partial charge is 0.391 e. The standard InChI is InChI=1S/C16H19N3O2/c1-19(13-7-2-3-8-14(13)20)16(21)11-5-4-6-12-15(11)18-10-9-17-12/h4-6,9-10,13-14,20H,2-3,7-8H2,1H3. The second kappa shape index (κ2) is 5.77. The summed E-state index contributed by atoms with van der Waals surface area (Å²) in [6, 6.07) is 5.31. The first-order valence-electron chi connectivity index (χ1n) is 7.33. The zero-order chi connectivity index (χ0) is 14.8. The second-order valence-corrected chi connectivity index (χ2v) is 5.56. The van der Waals surface area contributed by atoms with E-state index >= 15 is 0 Å². The van der Waals surface area contributed by atoms with Crippen LogP contribution in [0.25, 0.3) is 11.0 Å². The van der Waals surface area contributed by atoms with E-state index in [1.54, 1.807) is 30.4 Å². The molecule has 110 valence electrons. The lowest BCUT2D eigenvalue weighted by Gasteiger charge is -2.35. The quantitative estimate of drug-likeness (QED) is 0.916. The maximum atomic E-state index is 12.8. The van der Waals surface area contributed by atoms with Crippen LogP contribution in [0.3, 0.4) is 0 Å². The number of benzene rings is 1. The third-order valence-corrected chi connectivity index (χ3v) is 4.24. The molecule has 1 aliphatic carbocycles. The Hall–Kier alpha value is -2.01. The summed E-state index contributed by atoms with van der Waals surface area (Å²) in [5, 5.41) is 10.1. The molecule has 1 aliphatic rings. The Bertz CT molecular complexity index is 654. The highest BCUT2D eigenvalue weighted by atomic mass is 16.3. The van der Waals surface area contributed by atoms with Crippen LogP contribution in [0, 0.1) is 0 Å². The molecule has 1 N–H and O–H groups in total. The minimum absolute atomic E-state index is 0.105. The summed E-state index contributed by atoms with van der Waals surface area (Å²) >= 11 is 0. The number of aliphatic hydroxyl groups excluding tert-OH is 1. The molecule has 0 saturated heterocycles. The van der Waals surface area contributed by atoms with Gasteiger partial charge in [-0.3, -0.25) is 14.8 Å². The minimum atomic E-state index is -0.436. The van der Waals surface area contributed by atoms with Crippen LogP contribution in [0.4, 0.5) is 0 Å². The molecule has 1 heterocycles. The lowest BCUT2D eigenvalue weighted by Crippen LogP contribution is -2.46. The summed E-state index contributed by atoms with van der Waals surface area (Å²) in [6.07, 6.45) is 6.46. The second-order valence-electron chi connectivity index (χ2n) is 5.56. The lowest BCUT2D eigenvalue weighted by atomic mass is 9.91. The minimum Gasteiger partial charge on any atom is -0.391 e. The molecule has 5 nitrogen and oxygen atoms in total. The lowest BCUT2D eigenvalue weighted by molar-refractivity contribution is 0.0269. The van der Waals surface area contributed by atoms with Crippen LogP contribution >= 0.6 is 0 Å². The Kier molecular flexibility index (Phi) is 3.84. The van der Waals surface area contributed by atoms with Gasteiger partial charge in [0.25, 0.3) is 5.91 Å². The molecule has 21 heavy (non-hydrogen) atoms. The molecule has 1 aromatic carbocycles. The topological polar surface area (TPSA) is 66.3 Å². The Balaban J connectivity index is 1.93. The van der Waals surface area contributed by atoms with Gasteiger partial charge in [0.15, 0.2) is 0 Å². The van der Waals surface area contributed by atoms with E-state index in [4.69, 9.17) is 0 Å². The van der Waals surface area contributed by atoms with Crippen molar-refractivity contribution in [3.63, 3.8) is 0 Å². The maximum Gasteiger partial charge on any atom is 0.256 e. The SMILES string of the molecule is CN(C(=O)c1cccc2nccnc12)C1CCCCC1O. The summed E-state index contributed by atoms with van der Waals surface area (Å²) in [4.78, 5) is 22.9. The van der Waals surface area contributed by atoms with Gasteiger partial charge >= 0.3 is 0 Å². The normalized spacial score (nSPS) is 22.2. The van der Waals surface area contributed by atoms with Crippen molar-refractivity contribution in [1.29, 1.82) is 0 Å². The fourth-order valence-electron chi connectivity index (χ4n) is 3.05. The van der Waals surface area contributed by atoms with Gasteiger partial charge in [0, 0.05) is 19.4 Å². The molecule has 1 fully saturated rings. The van der Waals surface area contributed by atoms with Crippen LogP contribution in [0.1, 0.15) is 36.0 Å². The first kappa shape index (κ1) is 13.9. The van der Waals surface area contributed by atoms with Crippen molar-refractivity contribution in [2.75, 3.05) is 7.05 Å². The van der Waals surface area contributed by atoms with Crippen LogP contribution in [-0.4, -0.2) is 45.1 Å². The van der Waals surface area contributed by atoms with Gasteiger partial charge in [-0.2, -0.15) is 0 Å². The van der Waals surface area contributed by atoms with Crippen LogP contribution in [0.5, 0.6) is 0 Å². The Morgan fingerprint density at radius 1 is 1.24 bits per heavy atom. The Labute approximate surface area is 123 Å². The van der Waals surface area contributed by atoms with Gasteiger partial charge < -0.3 is 10.0 Å². The van der Waals surface area contributed by atoms with Gasteiger partial charge in [-0.15, -0.1) is 0 Å². The number of para-hydroxylation sites is 1. The van der Waals surface area contributed by atoms with Crippen LogP contribution in [0.15, 0.2) is 30.6 Å². The smallest absolute Gasteiger partial charge is 0.256 e. The van der Waals surface area contributed by atoms with E-state index in [1.165, 1.54) is 0 Å². The first-order chi connectivity index (χ1) is 10.2. The van der Waals surface area contributed by atoms with Crippen molar-refractivity contribution in [1.82, 2.24) is 14.9 Å². The average molecular weight is 285 g/mol. The molecule has 0 spiro atoms. The third-order valence-electron chi connectivity index (χ3n) is 4.24. The van der Waals surface area contributed by atoms with Crippen molar-refractivity contribution in [3.8, 4) is 0 Å². The van der Waals surface area contributed by atoms with E-state index in [0.717, 1.165) is 25.7 Å². The highest BCUT2D eigenvalue weighted by molar-refractivity contribution is 6.04. The van der Waals surface area contributed by atoms with Gasteiger partial charge in [-0.1, -0.05) is 18.9 Å². The summed E-state index contributed by atoms with van der Waals surface area (Å²) in [7, 11) is 1.76. The van der Waals surface area contributed by atoms with Crippen LogP contribution in [0.2, 0.25) is 0 Å². The number of nitrogens with zero attached hydrogens (tertiary/aromatic N) is 3. The number of likely N-dealkylation sites (N-methyl/N-ethyl adjacent to an activating group) is 1. The molecule has 0 aliphatic heterocycles. The van der Waals surface area contributed by atoms with Crippen molar-refractivity contribution in [3.05, 3.63) is 36.2 Å². The van der Waals surface area contributed by atoms with E-state index in [9.17, 15) is 9.90 Å². The zero-order valence-corrected chi connectivity index (χ0v) is 12.1. The number of amides is 1. The fourth-order valence-corrected chi connectivity index (χ4v) is 3.05. The first-order valence-corrected chi connectivity index (χ1v) is 7.33. The average Bonchev–Trinajstić information content (AvgIpc) is 2.53. The predicted octanol–water partition coefficient (Wildman–Crippen LogP) is 2.01. The zero-order valence-electron chi connectivity index (χ0n) is 12.1. The number of aliphatic hydroxyl groups is 1. The maximum absolute atomic E-state index is 12.8. The summed E-state index contributed by atoms with van der Waals surface area (Å²) in [5.41, 5.74) is 1.86. The molecular formula is C16H19N3O2. The van der Waals surface area contributed by atoms with E-state index in [1.807, 2.05) is 12.1 Å². The molecular weight excluding hydrogens is 266 g/mol. The molecule has 2 atom stereocenters. The molecule has 1 aromatic heterocycles. The summed E-state index contributed by atoms with van der Waals surface area (Å²) in [5.74, 6) is -0.105. The molecule has 1 saturated carbocycles. The fraction of sp³-hybridized carbons (Fsp3) is 0.438. The number of rotatable bonds is 2. The van der Waals surface area contributed by atoms with Crippen molar-refractivity contribution >= 4 is 16.9 Å². The number of hydrogen-bond acceptors (Lipinski definition) is 4. The van der Waals surface area contributed by atoms with E-state index < -0.39 is 6.10 Å². The monoisotopic (exact) mass is 285 g/mol. The van der Waals surface area contributed by atoms with E-state index in [0.29, 0.717) is 16.6 Å². The van der Waals surface area contributed by atoms with E-state index in [2.05, 4.69) is 9.97 Å². The highest BCUT2D eigenvalue weighted by Crippen LogP contribution is 2.24. The van der Waals surface area contributed by atoms with Gasteiger partial charge in [0.2, 0.25) is 0 Å². The van der Waals surface area contributed by atoms with Crippen molar-refractivity contribution in [2.45, 2.75) is 37.8 Å². The van der Waals surface area contributed by atoms with Crippen LogP contribution in [-0.2, 0) is 0 Å². The van der Waals surface area contributed by atoms with Gasteiger partial charge in [0.1, 0.15) is 5.52 Å². The predicted molar refractivity (Wildman–Crippen MR) is 79.9 cm³/mol. The van der Waals surface area contributed by atoms with Crippen LogP contribution < -0.4 is 0 Å². The van der Waals surface area contributed by atoms with Crippen molar-refractivity contribution < 1.29 is 9.90 Å². The number of hydrogen-bond donors (Lipinski definition) is 1. The molecule has 0 radical (unpaired) electrons. The van der Waals surface area contributed by atoms with E-state index in [-0.39, 0.29) is 11.9 Å². The highest BCUT2D eigenvalue weighted by Gasteiger charge is 2.30. The Morgan fingerprint density at radius 2 is 2.00 bits per heavy atom. The van der Waals surface area contributed by atoms with Crippen molar-refractivity contribution in [2.24, 2.45) is 0 Å². The van der Waals surface area contributed by atoms with Gasteiger partial charge in [-0.25, -0.2) is 0 Å². The summed E-state index contributed by atoms with van der Waals surface area (Å²) < 4.78 is 0. The number of carbonyl (C=O) groups excluding carboxylic acids is 1. The molecule has 2 aromatic rings. The number of fused-ring (bicyclic) bond motifs is 1. The molecule has 1 amide bonds. The van der Waals surface area contributed by atoms with Gasteiger partial charge in [-0.05, 0) is 25.0 Å². The number of carbonyl (C=O) groups is 1. The number of aromatic nitrogens is 2. The van der Waals surface area contributed by atoms with Gasteiger partial charge in [0.05, 0.1) is 23.2 Å². The Morgan fingerprint density at radius 3 is 2.81 bits per heavy atom.